The van der Waals surface area contributed by atoms with E-state index in [1.54, 1.807) is 11.0 Å². The number of aliphatic hydroxyl groups is 1. The van der Waals surface area contributed by atoms with Crippen LogP contribution < -0.4 is 5.32 Å². The molecule has 1 rings (SSSR count). The van der Waals surface area contributed by atoms with E-state index in [0.717, 1.165) is 31.6 Å². The Morgan fingerprint density at radius 2 is 2.12 bits per heavy atom. The van der Waals surface area contributed by atoms with Crippen LogP contribution in [0.15, 0.2) is 6.33 Å². The van der Waals surface area contributed by atoms with Crippen LogP contribution in [0.1, 0.15) is 32.5 Å². The Morgan fingerprint density at radius 1 is 1.44 bits per heavy atom. The number of aryl methyl sites for hydroxylation is 1. The Morgan fingerprint density at radius 3 is 2.62 bits per heavy atom. The van der Waals surface area contributed by atoms with Crippen LogP contribution in [-0.4, -0.2) is 38.6 Å². The van der Waals surface area contributed by atoms with E-state index in [1.165, 1.54) is 0 Å². The van der Waals surface area contributed by atoms with E-state index in [-0.39, 0.29) is 0 Å². The summed E-state index contributed by atoms with van der Waals surface area (Å²) in [5.41, 5.74) is -0.572. The van der Waals surface area contributed by atoms with Crippen LogP contribution in [-0.2, 0) is 13.5 Å². The number of aromatic nitrogens is 3. The van der Waals surface area contributed by atoms with Gasteiger partial charge >= 0.3 is 0 Å². The zero-order chi connectivity index (χ0) is 12.0. The third-order valence-electron chi connectivity index (χ3n) is 2.94. The molecule has 0 bridgehead atoms. The van der Waals surface area contributed by atoms with Crippen LogP contribution in [0.3, 0.4) is 0 Å². The summed E-state index contributed by atoms with van der Waals surface area (Å²) < 4.78 is 1.70. The largest absolute Gasteiger partial charge is 0.389 e. The van der Waals surface area contributed by atoms with Crippen LogP contribution >= 0.6 is 0 Å². The maximum atomic E-state index is 10.0. The van der Waals surface area contributed by atoms with Crippen molar-refractivity contribution in [2.24, 2.45) is 7.05 Å². The average molecular weight is 226 g/mol. The Labute approximate surface area is 96.9 Å². The maximum absolute atomic E-state index is 10.0. The maximum Gasteiger partial charge on any atom is 0.151 e. The third kappa shape index (κ3) is 3.90. The van der Waals surface area contributed by atoms with Gasteiger partial charge in [-0.3, -0.25) is 4.68 Å². The molecule has 0 aliphatic heterocycles. The number of hydrogen-bond donors (Lipinski definition) is 2. The molecular weight excluding hydrogens is 204 g/mol. The Bertz CT molecular complexity index is 307. The Balaban J connectivity index is 2.21. The second-order valence-electron chi connectivity index (χ2n) is 4.19. The van der Waals surface area contributed by atoms with Gasteiger partial charge in [0.15, 0.2) is 5.82 Å². The summed E-state index contributed by atoms with van der Waals surface area (Å²) in [4.78, 5) is 4.14. The molecule has 5 nitrogen and oxygen atoms in total. The van der Waals surface area contributed by atoms with E-state index < -0.39 is 5.60 Å². The van der Waals surface area contributed by atoms with Gasteiger partial charge in [-0.2, -0.15) is 5.10 Å². The van der Waals surface area contributed by atoms with Crippen molar-refractivity contribution in [2.45, 2.75) is 38.7 Å². The van der Waals surface area contributed by atoms with E-state index in [1.807, 2.05) is 20.9 Å². The lowest BCUT2D eigenvalue weighted by atomic mass is 9.98. The molecule has 2 N–H and O–H groups in total. The molecule has 0 aliphatic carbocycles. The molecule has 0 radical (unpaired) electrons. The van der Waals surface area contributed by atoms with Crippen molar-refractivity contribution in [1.29, 1.82) is 0 Å². The summed E-state index contributed by atoms with van der Waals surface area (Å²) in [6.45, 7) is 5.44. The molecule has 16 heavy (non-hydrogen) atoms. The number of hydrogen-bond acceptors (Lipinski definition) is 4. The summed E-state index contributed by atoms with van der Waals surface area (Å²) in [7, 11) is 1.86. The number of nitrogens with one attached hydrogen (secondary N) is 1. The lowest BCUT2D eigenvalue weighted by molar-refractivity contribution is 0.0328. The van der Waals surface area contributed by atoms with Crippen LogP contribution in [0.2, 0.25) is 0 Å². The van der Waals surface area contributed by atoms with Crippen LogP contribution in [0.5, 0.6) is 0 Å². The molecule has 0 aliphatic rings. The molecule has 0 amide bonds. The van der Waals surface area contributed by atoms with Gasteiger partial charge in [0.2, 0.25) is 0 Å². The molecule has 5 heteroatoms. The van der Waals surface area contributed by atoms with Gasteiger partial charge in [-0.15, -0.1) is 0 Å². The first-order valence-corrected chi connectivity index (χ1v) is 5.87. The molecule has 92 valence electrons. The van der Waals surface area contributed by atoms with Gasteiger partial charge in [0, 0.05) is 26.6 Å². The molecule has 0 aromatic carbocycles. The topological polar surface area (TPSA) is 63.0 Å². The summed E-state index contributed by atoms with van der Waals surface area (Å²) in [6, 6.07) is 0. The zero-order valence-electron chi connectivity index (χ0n) is 10.4. The van der Waals surface area contributed by atoms with Gasteiger partial charge in [-0.1, -0.05) is 13.8 Å². The van der Waals surface area contributed by atoms with E-state index >= 15 is 0 Å². The molecule has 1 heterocycles. The quantitative estimate of drug-likeness (QED) is 0.665. The van der Waals surface area contributed by atoms with Gasteiger partial charge in [0.25, 0.3) is 0 Å². The molecule has 0 saturated heterocycles. The first kappa shape index (κ1) is 13.1. The fourth-order valence-electron chi connectivity index (χ4n) is 1.52. The molecular formula is C11H22N4O. The average Bonchev–Trinajstić information content (AvgIpc) is 2.70. The highest BCUT2D eigenvalue weighted by atomic mass is 16.3. The smallest absolute Gasteiger partial charge is 0.151 e. The normalized spacial score (nSPS) is 12.0. The number of nitrogens with zero attached hydrogens (tertiary/aromatic N) is 3. The zero-order valence-corrected chi connectivity index (χ0v) is 10.4. The minimum Gasteiger partial charge on any atom is -0.389 e. The summed E-state index contributed by atoms with van der Waals surface area (Å²) in [5, 5.41) is 17.5. The van der Waals surface area contributed by atoms with E-state index in [0.29, 0.717) is 6.54 Å². The van der Waals surface area contributed by atoms with Crippen molar-refractivity contribution in [3.63, 3.8) is 0 Å². The van der Waals surface area contributed by atoms with Gasteiger partial charge in [-0.25, -0.2) is 4.98 Å². The van der Waals surface area contributed by atoms with Crippen LogP contribution in [0.4, 0.5) is 0 Å². The van der Waals surface area contributed by atoms with Gasteiger partial charge in [0.1, 0.15) is 6.33 Å². The third-order valence-corrected chi connectivity index (χ3v) is 2.94. The molecule has 0 spiro atoms. The summed E-state index contributed by atoms with van der Waals surface area (Å²) in [5.74, 6) is 0.839. The lowest BCUT2D eigenvalue weighted by Gasteiger charge is -2.25. The van der Waals surface area contributed by atoms with Gasteiger partial charge in [0.05, 0.1) is 5.60 Å². The van der Waals surface area contributed by atoms with Crippen molar-refractivity contribution >= 4 is 0 Å². The fraction of sp³-hybridized carbons (Fsp3) is 0.818. The summed E-state index contributed by atoms with van der Waals surface area (Å²) in [6.07, 6.45) is 4.05. The Kier molecular flexibility index (Phi) is 4.89. The van der Waals surface area contributed by atoms with Crippen LogP contribution in [0.25, 0.3) is 0 Å². The fourth-order valence-corrected chi connectivity index (χ4v) is 1.52. The van der Waals surface area contributed by atoms with Crippen molar-refractivity contribution in [3.8, 4) is 0 Å². The predicted octanol–water partition coefficient (Wildman–Crippen LogP) is 0.498. The SMILES string of the molecule is CCC(O)(CC)CNCCc1ncn(C)n1. The molecule has 0 fully saturated rings. The Hall–Kier alpha value is -0.940. The lowest BCUT2D eigenvalue weighted by Crippen LogP contribution is -2.40. The molecule has 0 saturated carbocycles. The first-order valence-electron chi connectivity index (χ1n) is 5.87. The molecule has 0 atom stereocenters. The van der Waals surface area contributed by atoms with Crippen molar-refractivity contribution in [3.05, 3.63) is 12.2 Å². The van der Waals surface area contributed by atoms with E-state index in [2.05, 4.69) is 15.4 Å². The first-order chi connectivity index (χ1) is 7.59. The molecule has 1 aromatic rings. The van der Waals surface area contributed by atoms with Crippen molar-refractivity contribution in [2.75, 3.05) is 13.1 Å². The highest BCUT2D eigenvalue weighted by Crippen LogP contribution is 2.12. The number of rotatable bonds is 7. The standard InChI is InChI=1S/C11H22N4O/c1-4-11(16,5-2)8-12-7-6-10-13-9-15(3)14-10/h9,12,16H,4-8H2,1-3H3. The summed E-state index contributed by atoms with van der Waals surface area (Å²) >= 11 is 0. The highest BCUT2D eigenvalue weighted by Gasteiger charge is 2.20. The van der Waals surface area contributed by atoms with Gasteiger partial charge < -0.3 is 10.4 Å². The second kappa shape index (κ2) is 5.96. The molecule has 1 aromatic heterocycles. The predicted molar refractivity (Wildman–Crippen MR) is 63.1 cm³/mol. The van der Waals surface area contributed by atoms with Crippen molar-refractivity contribution < 1.29 is 5.11 Å². The second-order valence-corrected chi connectivity index (χ2v) is 4.19. The minimum absolute atomic E-state index is 0.572. The van der Waals surface area contributed by atoms with Crippen molar-refractivity contribution in [1.82, 2.24) is 20.1 Å². The monoisotopic (exact) mass is 226 g/mol. The van der Waals surface area contributed by atoms with Crippen LogP contribution in [0, 0.1) is 0 Å². The van der Waals surface area contributed by atoms with E-state index in [9.17, 15) is 5.11 Å². The van der Waals surface area contributed by atoms with E-state index in [4.69, 9.17) is 0 Å². The minimum atomic E-state index is -0.572. The van der Waals surface area contributed by atoms with Gasteiger partial charge in [-0.05, 0) is 12.8 Å². The molecule has 0 unspecified atom stereocenters. The highest BCUT2D eigenvalue weighted by molar-refractivity contribution is 4.83.